The number of benzene rings is 2. The molecular weight excluding hydrogens is 348 g/mol. The predicted octanol–water partition coefficient (Wildman–Crippen LogP) is 2.77. The van der Waals surface area contributed by atoms with Gasteiger partial charge in [-0.1, -0.05) is 42.0 Å². The highest BCUT2D eigenvalue weighted by molar-refractivity contribution is 7.89. The zero-order valence-electron chi connectivity index (χ0n) is 15.9. The molecule has 5 nitrogen and oxygen atoms in total. The number of hydrogen-bond acceptors (Lipinski definition) is 4. The minimum absolute atomic E-state index is 0.0119. The second-order valence-corrected chi connectivity index (χ2v) is 8.59. The Morgan fingerprint density at radius 2 is 1.81 bits per heavy atom. The van der Waals surface area contributed by atoms with Gasteiger partial charge in [-0.25, -0.2) is 13.1 Å². The monoisotopic (exact) mass is 376 g/mol. The smallest absolute Gasteiger partial charge is 0.211 e. The maximum Gasteiger partial charge on any atom is 0.211 e. The second kappa shape index (κ2) is 9.16. The van der Waals surface area contributed by atoms with E-state index in [1.165, 1.54) is 5.56 Å². The molecular formula is C20H28N2O3S. The van der Waals surface area contributed by atoms with Gasteiger partial charge in [0, 0.05) is 12.6 Å². The van der Waals surface area contributed by atoms with E-state index in [4.69, 9.17) is 4.74 Å². The zero-order chi connectivity index (χ0) is 19.2. The minimum atomic E-state index is -3.36. The lowest BCUT2D eigenvalue weighted by atomic mass is 10.0. The van der Waals surface area contributed by atoms with Crippen LogP contribution in [0.25, 0.3) is 0 Å². The average molecular weight is 377 g/mol. The number of nitrogens with zero attached hydrogens (tertiary/aromatic N) is 1. The number of hydrogen-bond donors (Lipinski definition) is 1. The SMILES string of the molecule is COc1cccc(CCS(=O)(=O)NCC(c2ccc(C)cc2)N(C)C)c1. The summed E-state index contributed by atoms with van der Waals surface area (Å²) in [5.74, 6) is 0.786. The highest BCUT2D eigenvalue weighted by atomic mass is 32.2. The van der Waals surface area contributed by atoms with Gasteiger partial charge in [0.25, 0.3) is 0 Å². The van der Waals surface area contributed by atoms with Crippen LogP contribution in [0.2, 0.25) is 0 Å². The van der Waals surface area contributed by atoms with Gasteiger partial charge in [-0.05, 0) is 50.7 Å². The summed E-state index contributed by atoms with van der Waals surface area (Å²) in [6.45, 7) is 2.38. The van der Waals surface area contributed by atoms with Crippen molar-refractivity contribution < 1.29 is 13.2 Å². The van der Waals surface area contributed by atoms with E-state index >= 15 is 0 Å². The Morgan fingerprint density at radius 3 is 2.42 bits per heavy atom. The number of methoxy groups -OCH3 is 1. The molecule has 0 aliphatic rings. The molecule has 6 heteroatoms. The highest BCUT2D eigenvalue weighted by Gasteiger charge is 2.18. The molecule has 2 rings (SSSR count). The average Bonchev–Trinajstić information content (AvgIpc) is 2.61. The summed E-state index contributed by atoms with van der Waals surface area (Å²) in [6.07, 6.45) is 0.448. The van der Waals surface area contributed by atoms with Crippen molar-refractivity contribution in [3.05, 3.63) is 65.2 Å². The van der Waals surface area contributed by atoms with Gasteiger partial charge in [-0.15, -0.1) is 0 Å². The van der Waals surface area contributed by atoms with E-state index < -0.39 is 10.0 Å². The molecule has 0 radical (unpaired) electrons. The van der Waals surface area contributed by atoms with E-state index in [9.17, 15) is 8.42 Å². The Labute approximate surface area is 157 Å². The maximum absolute atomic E-state index is 12.4. The van der Waals surface area contributed by atoms with Crippen molar-refractivity contribution in [1.29, 1.82) is 0 Å². The number of rotatable bonds is 9. The Bertz CT molecular complexity index is 802. The molecule has 1 N–H and O–H groups in total. The third-order valence-corrected chi connectivity index (χ3v) is 5.72. The van der Waals surface area contributed by atoms with Gasteiger partial charge in [0.1, 0.15) is 5.75 Å². The Kier molecular flexibility index (Phi) is 7.20. The largest absolute Gasteiger partial charge is 0.497 e. The van der Waals surface area contributed by atoms with E-state index in [0.717, 1.165) is 16.9 Å². The van der Waals surface area contributed by atoms with Crippen molar-refractivity contribution >= 4 is 10.0 Å². The summed E-state index contributed by atoms with van der Waals surface area (Å²) in [4.78, 5) is 2.02. The maximum atomic E-state index is 12.4. The van der Waals surface area contributed by atoms with Crippen molar-refractivity contribution in [2.75, 3.05) is 33.5 Å². The third kappa shape index (κ3) is 6.12. The van der Waals surface area contributed by atoms with Crippen LogP contribution in [0.4, 0.5) is 0 Å². The fraction of sp³-hybridized carbons (Fsp3) is 0.400. The number of sulfonamides is 1. The van der Waals surface area contributed by atoms with Crippen molar-refractivity contribution in [3.8, 4) is 5.75 Å². The lowest BCUT2D eigenvalue weighted by Gasteiger charge is -2.25. The zero-order valence-corrected chi connectivity index (χ0v) is 16.7. The first kappa shape index (κ1) is 20.4. The number of ether oxygens (including phenoxy) is 1. The predicted molar refractivity (Wildman–Crippen MR) is 106 cm³/mol. The van der Waals surface area contributed by atoms with Gasteiger partial charge in [0.05, 0.1) is 12.9 Å². The van der Waals surface area contributed by atoms with E-state index in [-0.39, 0.29) is 11.8 Å². The first-order valence-electron chi connectivity index (χ1n) is 8.64. The molecule has 0 saturated carbocycles. The van der Waals surface area contributed by atoms with Crippen molar-refractivity contribution in [2.45, 2.75) is 19.4 Å². The van der Waals surface area contributed by atoms with Crippen LogP contribution in [0, 0.1) is 6.92 Å². The first-order valence-corrected chi connectivity index (χ1v) is 10.3. The summed E-state index contributed by atoms with van der Waals surface area (Å²) in [5, 5.41) is 0. The van der Waals surface area contributed by atoms with Gasteiger partial charge < -0.3 is 9.64 Å². The summed E-state index contributed by atoms with van der Waals surface area (Å²) in [7, 11) is 2.15. The molecule has 2 aromatic carbocycles. The second-order valence-electron chi connectivity index (χ2n) is 6.66. The normalized spacial score (nSPS) is 13.0. The summed E-state index contributed by atoms with van der Waals surface area (Å²) in [5.41, 5.74) is 3.22. The minimum Gasteiger partial charge on any atom is -0.497 e. The molecule has 2 aromatic rings. The van der Waals surface area contributed by atoms with E-state index in [1.807, 2.05) is 74.4 Å². The van der Waals surface area contributed by atoms with E-state index in [0.29, 0.717) is 13.0 Å². The summed E-state index contributed by atoms with van der Waals surface area (Å²) in [6, 6.07) is 15.7. The molecule has 1 atom stereocenters. The first-order chi connectivity index (χ1) is 12.3. The van der Waals surface area contributed by atoms with Gasteiger partial charge in [0.15, 0.2) is 0 Å². The molecule has 0 spiro atoms. The quantitative estimate of drug-likeness (QED) is 0.731. The van der Waals surface area contributed by atoms with Gasteiger partial charge in [0.2, 0.25) is 10.0 Å². The molecule has 0 saturated heterocycles. The molecule has 0 aliphatic heterocycles. The summed E-state index contributed by atoms with van der Waals surface area (Å²) < 4.78 is 32.8. The lowest BCUT2D eigenvalue weighted by Crippen LogP contribution is -2.36. The third-order valence-electron chi connectivity index (χ3n) is 4.38. The number of nitrogens with one attached hydrogen (secondary N) is 1. The molecule has 0 aromatic heterocycles. The number of aryl methyl sites for hydroxylation is 2. The Hall–Kier alpha value is -1.89. The molecule has 0 heterocycles. The topological polar surface area (TPSA) is 58.6 Å². The van der Waals surface area contributed by atoms with Crippen molar-refractivity contribution in [2.24, 2.45) is 0 Å². The van der Waals surface area contributed by atoms with Crippen molar-refractivity contribution in [1.82, 2.24) is 9.62 Å². The van der Waals surface area contributed by atoms with Gasteiger partial charge >= 0.3 is 0 Å². The van der Waals surface area contributed by atoms with Crippen LogP contribution in [-0.2, 0) is 16.4 Å². The molecule has 26 heavy (non-hydrogen) atoms. The molecule has 0 bridgehead atoms. The molecule has 0 amide bonds. The van der Waals surface area contributed by atoms with E-state index in [1.54, 1.807) is 7.11 Å². The lowest BCUT2D eigenvalue weighted by molar-refractivity contribution is 0.299. The fourth-order valence-corrected chi connectivity index (χ4v) is 3.81. The Morgan fingerprint density at radius 1 is 1.12 bits per heavy atom. The number of likely N-dealkylation sites (N-methyl/N-ethyl adjacent to an activating group) is 1. The molecule has 142 valence electrons. The van der Waals surface area contributed by atoms with Crippen molar-refractivity contribution in [3.63, 3.8) is 0 Å². The van der Waals surface area contributed by atoms with Crippen LogP contribution < -0.4 is 9.46 Å². The molecule has 1 unspecified atom stereocenters. The molecule has 0 fully saturated rings. The van der Waals surface area contributed by atoms with Crippen LogP contribution in [-0.4, -0.2) is 46.8 Å². The van der Waals surface area contributed by atoms with Crippen LogP contribution in [0.5, 0.6) is 5.75 Å². The summed E-state index contributed by atoms with van der Waals surface area (Å²) >= 11 is 0. The fourth-order valence-electron chi connectivity index (χ4n) is 2.75. The Balaban J connectivity index is 1.97. The molecule has 0 aliphatic carbocycles. The van der Waals surface area contributed by atoms with E-state index in [2.05, 4.69) is 4.72 Å². The van der Waals surface area contributed by atoms with Crippen LogP contribution in [0.1, 0.15) is 22.7 Å². The van der Waals surface area contributed by atoms with Crippen LogP contribution >= 0.6 is 0 Å². The van der Waals surface area contributed by atoms with Crippen LogP contribution in [0.3, 0.4) is 0 Å². The standard InChI is InChI=1S/C20H28N2O3S/c1-16-8-10-18(11-9-16)20(22(2)3)15-21-26(23,24)13-12-17-6-5-7-19(14-17)25-4/h5-11,14,20-21H,12-13,15H2,1-4H3. The van der Waals surface area contributed by atoms with Gasteiger partial charge in [-0.3, -0.25) is 0 Å². The van der Waals surface area contributed by atoms with Gasteiger partial charge in [-0.2, -0.15) is 0 Å². The highest BCUT2D eigenvalue weighted by Crippen LogP contribution is 2.18. The van der Waals surface area contributed by atoms with Crippen LogP contribution in [0.15, 0.2) is 48.5 Å².